The van der Waals surface area contributed by atoms with E-state index in [4.69, 9.17) is 5.26 Å². The molecule has 0 aliphatic rings. The number of hydrogen-bond acceptors (Lipinski definition) is 2. The fourth-order valence-electron chi connectivity index (χ4n) is 1.81. The van der Waals surface area contributed by atoms with Crippen LogP contribution < -0.4 is 0 Å². The summed E-state index contributed by atoms with van der Waals surface area (Å²) in [5.41, 5.74) is 0.784. The summed E-state index contributed by atoms with van der Waals surface area (Å²) in [5, 5.41) is 8.94. The molecule has 0 amide bonds. The average Bonchev–Trinajstić information content (AvgIpc) is 2.77. The molecule has 0 saturated carbocycles. The van der Waals surface area contributed by atoms with E-state index in [1.165, 1.54) is 6.07 Å². The Morgan fingerprint density at radius 1 is 1.47 bits per heavy atom. The molecular weight excluding hydrogens is 217 g/mol. The van der Waals surface area contributed by atoms with Crippen LogP contribution in [0, 0.1) is 17.1 Å². The van der Waals surface area contributed by atoms with Gasteiger partial charge in [-0.3, -0.25) is 0 Å². The summed E-state index contributed by atoms with van der Waals surface area (Å²) in [6.45, 7) is 2.83. The number of hydrogen-bond donors (Lipinski definition) is 0. The monoisotopic (exact) mass is 229 g/mol. The van der Waals surface area contributed by atoms with E-state index in [0.717, 1.165) is 12.4 Å². The molecule has 0 fully saturated rings. The standard InChI is InChI=1S/C13H12FN3/c1-2-17-7-6-16-13(17)8-10-4-3-5-12(14)11(10)9-15/h3-7H,2,8H2,1H3. The number of aromatic nitrogens is 2. The zero-order valence-electron chi connectivity index (χ0n) is 9.52. The van der Waals surface area contributed by atoms with Gasteiger partial charge in [0.05, 0.1) is 5.56 Å². The van der Waals surface area contributed by atoms with Gasteiger partial charge in [-0.25, -0.2) is 9.37 Å². The summed E-state index contributed by atoms with van der Waals surface area (Å²) in [6, 6.07) is 6.58. The molecule has 0 bridgehead atoms. The predicted octanol–water partition coefficient (Wildman–Crippen LogP) is 2.50. The maximum absolute atomic E-state index is 13.4. The molecule has 2 rings (SSSR count). The Labute approximate surface area is 99.1 Å². The van der Waals surface area contributed by atoms with Gasteiger partial charge < -0.3 is 4.57 Å². The van der Waals surface area contributed by atoms with E-state index in [-0.39, 0.29) is 5.56 Å². The minimum atomic E-state index is -0.473. The second kappa shape index (κ2) is 4.79. The molecule has 1 aromatic heterocycles. The van der Waals surface area contributed by atoms with Crippen LogP contribution in [-0.4, -0.2) is 9.55 Å². The van der Waals surface area contributed by atoms with Crippen LogP contribution in [-0.2, 0) is 13.0 Å². The molecule has 1 heterocycles. The molecule has 0 atom stereocenters. The number of benzene rings is 1. The molecule has 1 aromatic carbocycles. The maximum Gasteiger partial charge on any atom is 0.141 e. The van der Waals surface area contributed by atoms with E-state index in [9.17, 15) is 4.39 Å². The van der Waals surface area contributed by atoms with E-state index in [1.807, 2.05) is 23.8 Å². The van der Waals surface area contributed by atoms with Crippen LogP contribution in [0.5, 0.6) is 0 Å². The topological polar surface area (TPSA) is 41.6 Å². The van der Waals surface area contributed by atoms with Gasteiger partial charge in [0.2, 0.25) is 0 Å². The summed E-state index contributed by atoms with van der Waals surface area (Å²) in [4.78, 5) is 4.22. The molecule has 4 heteroatoms. The van der Waals surface area contributed by atoms with E-state index in [0.29, 0.717) is 12.0 Å². The highest BCUT2D eigenvalue weighted by atomic mass is 19.1. The van der Waals surface area contributed by atoms with Crippen molar-refractivity contribution in [2.24, 2.45) is 0 Å². The van der Waals surface area contributed by atoms with Gasteiger partial charge in [-0.05, 0) is 18.6 Å². The number of nitrogens with zero attached hydrogens (tertiary/aromatic N) is 3. The van der Waals surface area contributed by atoms with E-state index < -0.39 is 5.82 Å². The number of imidazole rings is 1. The zero-order chi connectivity index (χ0) is 12.3. The van der Waals surface area contributed by atoms with Crippen molar-refractivity contribution in [3.63, 3.8) is 0 Å². The number of aryl methyl sites for hydroxylation is 1. The van der Waals surface area contributed by atoms with Crippen LogP contribution in [0.1, 0.15) is 23.9 Å². The van der Waals surface area contributed by atoms with Crippen molar-refractivity contribution in [3.8, 4) is 6.07 Å². The van der Waals surface area contributed by atoms with E-state index in [1.54, 1.807) is 18.3 Å². The van der Waals surface area contributed by atoms with Gasteiger partial charge in [-0.2, -0.15) is 5.26 Å². The molecule has 0 aliphatic heterocycles. The van der Waals surface area contributed by atoms with E-state index in [2.05, 4.69) is 4.98 Å². The van der Waals surface area contributed by atoms with Crippen molar-refractivity contribution in [2.45, 2.75) is 19.9 Å². The molecule has 0 unspecified atom stereocenters. The Bertz CT molecular complexity index is 566. The van der Waals surface area contributed by atoms with Gasteiger partial charge >= 0.3 is 0 Å². The molecule has 0 spiro atoms. The third-order valence-electron chi connectivity index (χ3n) is 2.70. The highest BCUT2D eigenvalue weighted by molar-refractivity contribution is 5.40. The molecule has 0 aliphatic carbocycles. The maximum atomic E-state index is 13.4. The SMILES string of the molecule is CCn1ccnc1Cc1cccc(F)c1C#N. The molecule has 17 heavy (non-hydrogen) atoms. The lowest BCUT2D eigenvalue weighted by Gasteiger charge is -2.06. The summed E-state index contributed by atoms with van der Waals surface area (Å²) < 4.78 is 15.4. The number of rotatable bonds is 3. The van der Waals surface area contributed by atoms with Crippen molar-refractivity contribution >= 4 is 0 Å². The Balaban J connectivity index is 2.37. The van der Waals surface area contributed by atoms with Crippen molar-refractivity contribution < 1.29 is 4.39 Å². The first-order valence-corrected chi connectivity index (χ1v) is 5.43. The van der Waals surface area contributed by atoms with Crippen LogP contribution in [0.25, 0.3) is 0 Å². The lowest BCUT2D eigenvalue weighted by Crippen LogP contribution is -2.04. The quantitative estimate of drug-likeness (QED) is 0.811. The summed E-state index contributed by atoms with van der Waals surface area (Å²) in [5.74, 6) is 0.370. The third-order valence-corrected chi connectivity index (χ3v) is 2.70. The zero-order valence-corrected chi connectivity index (χ0v) is 9.52. The van der Waals surface area contributed by atoms with Gasteiger partial charge in [0.25, 0.3) is 0 Å². The predicted molar refractivity (Wildman–Crippen MR) is 61.8 cm³/mol. The second-order valence-corrected chi connectivity index (χ2v) is 3.69. The van der Waals surface area contributed by atoms with Crippen LogP contribution in [0.2, 0.25) is 0 Å². The van der Waals surface area contributed by atoms with Crippen LogP contribution in [0.15, 0.2) is 30.6 Å². The fraction of sp³-hybridized carbons (Fsp3) is 0.231. The molecule has 86 valence electrons. The van der Waals surface area contributed by atoms with Crippen LogP contribution in [0.4, 0.5) is 4.39 Å². The molecule has 0 saturated heterocycles. The summed E-state index contributed by atoms with van der Waals surface area (Å²) in [7, 11) is 0. The Morgan fingerprint density at radius 3 is 3.00 bits per heavy atom. The lowest BCUT2D eigenvalue weighted by molar-refractivity contribution is 0.620. The van der Waals surface area contributed by atoms with Crippen LogP contribution >= 0.6 is 0 Å². The van der Waals surface area contributed by atoms with Gasteiger partial charge in [0, 0.05) is 25.4 Å². The largest absolute Gasteiger partial charge is 0.335 e. The average molecular weight is 229 g/mol. The molecule has 0 radical (unpaired) electrons. The second-order valence-electron chi connectivity index (χ2n) is 3.69. The normalized spacial score (nSPS) is 10.2. The highest BCUT2D eigenvalue weighted by Gasteiger charge is 2.10. The number of halogens is 1. The Morgan fingerprint density at radius 2 is 2.29 bits per heavy atom. The minimum Gasteiger partial charge on any atom is -0.335 e. The Hall–Kier alpha value is -2.15. The van der Waals surface area contributed by atoms with Crippen molar-refractivity contribution in [1.82, 2.24) is 9.55 Å². The van der Waals surface area contributed by atoms with Crippen molar-refractivity contribution in [3.05, 3.63) is 53.4 Å². The van der Waals surface area contributed by atoms with Crippen molar-refractivity contribution in [1.29, 1.82) is 5.26 Å². The van der Waals surface area contributed by atoms with E-state index >= 15 is 0 Å². The fourth-order valence-corrected chi connectivity index (χ4v) is 1.81. The molecule has 2 aromatic rings. The first-order chi connectivity index (χ1) is 8.26. The van der Waals surface area contributed by atoms with Crippen LogP contribution in [0.3, 0.4) is 0 Å². The smallest absolute Gasteiger partial charge is 0.141 e. The minimum absolute atomic E-state index is 0.109. The first-order valence-electron chi connectivity index (χ1n) is 5.43. The first kappa shape index (κ1) is 11.3. The van der Waals surface area contributed by atoms with Gasteiger partial charge in [-0.15, -0.1) is 0 Å². The lowest BCUT2D eigenvalue weighted by atomic mass is 10.0. The van der Waals surface area contributed by atoms with Crippen molar-refractivity contribution in [2.75, 3.05) is 0 Å². The summed E-state index contributed by atoms with van der Waals surface area (Å²) >= 11 is 0. The third kappa shape index (κ3) is 2.18. The highest BCUT2D eigenvalue weighted by Crippen LogP contribution is 2.16. The van der Waals surface area contributed by atoms with Gasteiger partial charge in [-0.1, -0.05) is 12.1 Å². The Kier molecular flexibility index (Phi) is 3.20. The number of nitriles is 1. The summed E-state index contributed by atoms with van der Waals surface area (Å²) in [6.07, 6.45) is 4.06. The molecule has 3 nitrogen and oxygen atoms in total. The van der Waals surface area contributed by atoms with Gasteiger partial charge in [0.15, 0.2) is 0 Å². The molecule has 0 N–H and O–H groups in total. The van der Waals surface area contributed by atoms with Gasteiger partial charge in [0.1, 0.15) is 17.7 Å². The molecular formula is C13H12FN3.